The standard InChI is InChI=1S/C14H26N4O2S/c1-4-13-7-5-6-9-18(13)21(19,20)14-11(2)16-17(10-8-15)12(14)3/h13H,4-10,15H2,1-3H3. The molecule has 1 fully saturated rings. The summed E-state index contributed by atoms with van der Waals surface area (Å²) in [5, 5.41) is 4.34. The Morgan fingerprint density at radius 2 is 2.05 bits per heavy atom. The Kier molecular flexibility index (Phi) is 5.06. The van der Waals surface area contributed by atoms with Gasteiger partial charge in [0, 0.05) is 19.1 Å². The molecule has 1 atom stereocenters. The molecule has 2 rings (SSSR count). The van der Waals surface area contributed by atoms with Crippen LogP contribution in [0.15, 0.2) is 4.90 Å². The second kappa shape index (κ2) is 6.46. The van der Waals surface area contributed by atoms with E-state index in [4.69, 9.17) is 5.73 Å². The molecule has 21 heavy (non-hydrogen) atoms. The molecule has 0 spiro atoms. The lowest BCUT2D eigenvalue weighted by Gasteiger charge is -2.34. The van der Waals surface area contributed by atoms with Crippen molar-refractivity contribution in [3.05, 3.63) is 11.4 Å². The number of aromatic nitrogens is 2. The predicted molar refractivity (Wildman–Crippen MR) is 82.6 cm³/mol. The molecule has 1 aromatic heterocycles. The van der Waals surface area contributed by atoms with Crippen LogP contribution in [0.4, 0.5) is 0 Å². The third-order valence-corrected chi connectivity index (χ3v) is 6.47. The molecule has 2 N–H and O–H groups in total. The van der Waals surface area contributed by atoms with E-state index in [1.165, 1.54) is 0 Å². The predicted octanol–water partition coefficient (Wildman–Crippen LogP) is 1.41. The molecule has 1 saturated heterocycles. The van der Waals surface area contributed by atoms with E-state index in [9.17, 15) is 8.42 Å². The van der Waals surface area contributed by atoms with E-state index in [0.717, 1.165) is 25.7 Å². The van der Waals surface area contributed by atoms with Gasteiger partial charge in [-0.1, -0.05) is 13.3 Å². The Morgan fingerprint density at radius 3 is 2.67 bits per heavy atom. The molecular weight excluding hydrogens is 288 g/mol. The Bertz CT molecular complexity index is 594. The SMILES string of the molecule is CCC1CCCCN1S(=O)(=O)c1c(C)nn(CCN)c1C. The summed E-state index contributed by atoms with van der Waals surface area (Å²) in [6.45, 7) is 7.23. The number of aryl methyl sites for hydroxylation is 1. The Hall–Kier alpha value is -0.920. The van der Waals surface area contributed by atoms with Crippen molar-refractivity contribution in [2.45, 2.75) is 63.9 Å². The average Bonchev–Trinajstić information content (AvgIpc) is 2.74. The summed E-state index contributed by atoms with van der Waals surface area (Å²) >= 11 is 0. The average molecular weight is 314 g/mol. The Labute approximate surface area is 127 Å². The number of hydrogen-bond acceptors (Lipinski definition) is 4. The molecule has 0 aliphatic carbocycles. The van der Waals surface area contributed by atoms with Gasteiger partial charge in [0.2, 0.25) is 10.0 Å². The molecule has 1 aliphatic heterocycles. The van der Waals surface area contributed by atoms with Crippen LogP contribution in [0.25, 0.3) is 0 Å². The number of hydrogen-bond donors (Lipinski definition) is 1. The van der Waals surface area contributed by atoms with Gasteiger partial charge in [-0.2, -0.15) is 9.40 Å². The minimum absolute atomic E-state index is 0.111. The summed E-state index contributed by atoms with van der Waals surface area (Å²) in [4.78, 5) is 0.372. The first-order valence-corrected chi connectivity index (χ1v) is 9.13. The van der Waals surface area contributed by atoms with E-state index in [2.05, 4.69) is 12.0 Å². The molecular formula is C14H26N4O2S. The van der Waals surface area contributed by atoms with Crippen LogP contribution in [-0.4, -0.2) is 41.6 Å². The quantitative estimate of drug-likeness (QED) is 0.891. The normalized spacial score (nSPS) is 20.9. The molecule has 2 heterocycles. The third kappa shape index (κ3) is 3.00. The zero-order chi connectivity index (χ0) is 15.6. The van der Waals surface area contributed by atoms with Crippen molar-refractivity contribution >= 4 is 10.0 Å². The maximum absolute atomic E-state index is 13.1. The molecule has 6 nitrogen and oxygen atoms in total. The zero-order valence-electron chi connectivity index (χ0n) is 13.2. The molecule has 120 valence electrons. The molecule has 1 unspecified atom stereocenters. The first-order chi connectivity index (χ1) is 9.93. The molecule has 0 aromatic carbocycles. The van der Waals surface area contributed by atoms with Gasteiger partial charge in [-0.05, 0) is 33.1 Å². The summed E-state index contributed by atoms with van der Waals surface area (Å²) in [6, 6.07) is 0.111. The van der Waals surface area contributed by atoms with Gasteiger partial charge in [0.1, 0.15) is 4.90 Å². The molecule has 0 amide bonds. The molecule has 7 heteroatoms. The van der Waals surface area contributed by atoms with Crippen molar-refractivity contribution in [1.82, 2.24) is 14.1 Å². The van der Waals surface area contributed by atoms with Gasteiger partial charge < -0.3 is 5.73 Å². The lowest BCUT2D eigenvalue weighted by molar-refractivity contribution is 0.246. The monoisotopic (exact) mass is 314 g/mol. The van der Waals surface area contributed by atoms with Crippen molar-refractivity contribution < 1.29 is 8.42 Å². The number of piperidine rings is 1. The van der Waals surface area contributed by atoms with Gasteiger partial charge >= 0.3 is 0 Å². The van der Waals surface area contributed by atoms with Gasteiger partial charge in [0.05, 0.1) is 17.9 Å². The van der Waals surface area contributed by atoms with Gasteiger partial charge in [0.15, 0.2) is 0 Å². The van der Waals surface area contributed by atoms with E-state index in [1.54, 1.807) is 15.9 Å². The van der Waals surface area contributed by atoms with E-state index >= 15 is 0 Å². The zero-order valence-corrected chi connectivity index (χ0v) is 14.0. The van der Waals surface area contributed by atoms with Crippen LogP contribution in [0.5, 0.6) is 0 Å². The molecule has 1 aromatic rings. The van der Waals surface area contributed by atoms with Gasteiger partial charge in [-0.3, -0.25) is 4.68 Å². The fraction of sp³-hybridized carbons (Fsp3) is 0.786. The summed E-state index contributed by atoms with van der Waals surface area (Å²) in [7, 11) is -3.47. The second-order valence-corrected chi connectivity index (χ2v) is 7.51. The lowest BCUT2D eigenvalue weighted by atomic mass is 10.0. The Morgan fingerprint density at radius 1 is 1.33 bits per heavy atom. The van der Waals surface area contributed by atoms with E-state index in [-0.39, 0.29) is 6.04 Å². The highest BCUT2D eigenvalue weighted by molar-refractivity contribution is 7.89. The maximum atomic E-state index is 13.1. The Balaban J connectivity index is 2.43. The molecule has 0 radical (unpaired) electrons. The number of nitrogens with two attached hydrogens (primary N) is 1. The third-order valence-electron chi connectivity index (χ3n) is 4.27. The summed E-state index contributed by atoms with van der Waals surface area (Å²) in [5.41, 5.74) is 6.83. The summed E-state index contributed by atoms with van der Waals surface area (Å²) in [6.07, 6.45) is 3.85. The summed E-state index contributed by atoms with van der Waals surface area (Å²) in [5.74, 6) is 0. The van der Waals surface area contributed by atoms with Crippen molar-refractivity contribution in [1.29, 1.82) is 0 Å². The lowest BCUT2D eigenvalue weighted by Crippen LogP contribution is -2.43. The van der Waals surface area contributed by atoms with Crippen LogP contribution >= 0.6 is 0 Å². The van der Waals surface area contributed by atoms with Crippen molar-refractivity contribution in [3.8, 4) is 0 Å². The van der Waals surface area contributed by atoms with Crippen LogP contribution in [0.3, 0.4) is 0 Å². The first-order valence-electron chi connectivity index (χ1n) is 7.69. The highest BCUT2D eigenvalue weighted by Gasteiger charge is 2.36. The number of rotatable bonds is 5. The highest BCUT2D eigenvalue weighted by atomic mass is 32.2. The number of sulfonamides is 1. The topological polar surface area (TPSA) is 81.2 Å². The molecule has 0 bridgehead atoms. The number of nitrogens with zero attached hydrogens (tertiary/aromatic N) is 3. The van der Waals surface area contributed by atoms with Gasteiger partial charge in [-0.15, -0.1) is 0 Å². The highest BCUT2D eigenvalue weighted by Crippen LogP contribution is 2.30. The van der Waals surface area contributed by atoms with Crippen molar-refractivity contribution in [3.63, 3.8) is 0 Å². The molecule has 0 saturated carbocycles. The van der Waals surface area contributed by atoms with Crippen LogP contribution in [-0.2, 0) is 16.6 Å². The smallest absolute Gasteiger partial charge is 0.246 e. The molecule has 1 aliphatic rings. The van der Waals surface area contributed by atoms with Crippen LogP contribution < -0.4 is 5.73 Å². The van der Waals surface area contributed by atoms with Crippen LogP contribution in [0, 0.1) is 13.8 Å². The van der Waals surface area contributed by atoms with Crippen molar-refractivity contribution in [2.24, 2.45) is 5.73 Å². The van der Waals surface area contributed by atoms with Gasteiger partial charge in [-0.25, -0.2) is 8.42 Å². The van der Waals surface area contributed by atoms with E-state index in [1.807, 2.05) is 6.92 Å². The largest absolute Gasteiger partial charge is 0.329 e. The summed E-state index contributed by atoms with van der Waals surface area (Å²) < 4.78 is 29.5. The van der Waals surface area contributed by atoms with Gasteiger partial charge in [0.25, 0.3) is 0 Å². The second-order valence-electron chi connectivity index (χ2n) is 5.69. The first kappa shape index (κ1) is 16.5. The maximum Gasteiger partial charge on any atom is 0.246 e. The van der Waals surface area contributed by atoms with E-state index < -0.39 is 10.0 Å². The fourth-order valence-electron chi connectivity index (χ4n) is 3.21. The van der Waals surface area contributed by atoms with E-state index in [0.29, 0.717) is 35.9 Å². The van der Waals surface area contributed by atoms with Crippen LogP contribution in [0.1, 0.15) is 44.0 Å². The minimum Gasteiger partial charge on any atom is -0.329 e. The van der Waals surface area contributed by atoms with Crippen LogP contribution in [0.2, 0.25) is 0 Å². The van der Waals surface area contributed by atoms with Crippen molar-refractivity contribution in [2.75, 3.05) is 13.1 Å². The fourth-order valence-corrected chi connectivity index (χ4v) is 5.35. The minimum atomic E-state index is -3.47.